The summed E-state index contributed by atoms with van der Waals surface area (Å²) in [4.78, 5) is 13.9. The number of nitrogens with two attached hydrogens (primary N) is 1. The number of morpholine rings is 1. The van der Waals surface area contributed by atoms with E-state index >= 15 is 0 Å². The Bertz CT molecular complexity index is 523. The van der Waals surface area contributed by atoms with Crippen molar-refractivity contribution in [3.05, 3.63) is 29.3 Å². The fraction of sp³-hybridized carbons (Fsp3) is 0.500. The summed E-state index contributed by atoms with van der Waals surface area (Å²) in [5, 5.41) is 0. The van der Waals surface area contributed by atoms with Gasteiger partial charge in [-0.25, -0.2) is 8.78 Å². The summed E-state index contributed by atoms with van der Waals surface area (Å²) in [6, 6.07) is 1.93. The second kappa shape index (κ2) is 5.01. The zero-order valence-electron chi connectivity index (χ0n) is 11.7. The number of nitrogens with zero attached hydrogens (tertiary/aromatic N) is 1. The van der Waals surface area contributed by atoms with Gasteiger partial charge in [-0.1, -0.05) is 0 Å². The van der Waals surface area contributed by atoms with E-state index in [2.05, 4.69) is 0 Å². The lowest BCUT2D eigenvalue weighted by atomic mass is 10.0. The fourth-order valence-electron chi connectivity index (χ4n) is 2.50. The normalized spacial score (nSPS) is 21.9. The van der Waals surface area contributed by atoms with Crippen LogP contribution in [0.2, 0.25) is 0 Å². The van der Waals surface area contributed by atoms with Crippen molar-refractivity contribution in [3.63, 3.8) is 0 Å². The van der Waals surface area contributed by atoms with Crippen molar-refractivity contribution in [1.82, 2.24) is 4.90 Å². The zero-order valence-corrected chi connectivity index (χ0v) is 11.7. The number of rotatable bonds is 1. The lowest BCUT2D eigenvalue weighted by Crippen LogP contribution is -2.53. The van der Waals surface area contributed by atoms with Gasteiger partial charge in [0, 0.05) is 18.7 Å². The Morgan fingerprint density at radius 2 is 1.95 bits per heavy atom. The molecule has 1 unspecified atom stereocenters. The van der Waals surface area contributed by atoms with Gasteiger partial charge in [-0.05, 0) is 32.9 Å². The average molecular weight is 284 g/mol. The maximum Gasteiger partial charge on any atom is 0.254 e. The van der Waals surface area contributed by atoms with Crippen molar-refractivity contribution in [3.8, 4) is 0 Å². The molecule has 0 bridgehead atoms. The molecule has 1 atom stereocenters. The summed E-state index contributed by atoms with van der Waals surface area (Å²) < 4.78 is 32.6. The number of nitrogen functional groups attached to an aromatic ring is 1. The van der Waals surface area contributed by atoms with Crippen LogP contribution in [-0.2, 0) is 4.74 Å². The molecular weight excluding hydrogens is 266 g/mol. The minimum atomic E-state index is -0.922. The Kier molecular flexibility index (Phi) is 3.69. The Hall–Kier alpha value is -1.69. The van der Waals surface area contributed by atoms with E-state index in [-0.39, 0.29) is 11.7 Å². The maximum absolute atomic E-state index is 13.4. The van der Waals surface area contributed by atoms with Crippen LogP contribution in [0.1, 0.15) is 31.1 Å². The smallest absolute Gasteiger partial charge is 0.254 e. The molecule has 1 aliphatic rings. The van der Waals surface area contributed by atoms with Crippen molar-refractivity contribution < 1.29 is 18.3 Å². The quantitative estimate of drug-likeness (QED) is 0.804. The topological polar surface area (TPSA) is 55.6 Å². The SMILES string of the molecule is CC1CN(C(=O)c2cc(F)c(N)c(F)c2)CC(C)(C)O1. The molecule has 1 amide bonds. The molecule has 1 fully saturated rings. The molecule has 1 saturated heterocycles. The van der Waals surface area contributed by atoms with Crippen LogP contribution in [0.25, 0.3) is 0 Å². The van der Waals surface area contributed by atoms with Gasteiger partial charge in [0.15, 0.2) is 0 Å². The highest BCUT2D eigenvalue weighted by Gasteiger charge is 2.34. The van der Waals surface area contributed by atoms with E-state index in [1.54, 1.807) is 4.90 Å². The predicted octanol–water partition coefficient (Wildman–Crippen LogP) is 2.19. The van der Waals surface area contributed by atoms with Gasteiger partial charge >= 0.3 is 0 Å². The van der Waals surface area contributed by atoms with Crippen LogP contribution in [0.3, 0.4) is 0 Å². The minimum Gasteiger partial charge on any atom is -0.394 e. The summed E-state index contributed by atoms with van der Waals surface area (Å²) >= 11 is 0. The molecule has 2 rings (SSSR count). The van der Waals surface area contributed by atoms with Gasteiger partial charge < -0.3 is 15.4 Å². The minimum absolute atomic E-state index is 0.0425. The molecule has 0 aliphatic carbocycles. The molecule has 4 nitrogen and oxygen atoms in total. The molecular formula is C14H18F2N2O2. The number of hydrogen-bond donors (Lipinski definition) is 1. The monoisotopic (exact) mass is 284 g/mol. The van der Waals surface area contributed by atoms with Crippen molar-refractivity contribution >= 4 is 11.6 Å². The first kappa shape index (κ1) is 14.7. The summed E-state index contributed by atoms with van der Waals surface area (Å²) in [5.41, 5.74) is 4.10. The number of ether oxygens (including phenoxy) is 1. The van der Waals surface area contributed by atoms with Gasteiger partial charge in [0.25, 0.3) is 5.91 Å². The first-order valence-corrected chi connectivity index (χ1v) is 6.41. The largest absolute Gasteiger partial charge is 0.394 e. The number of anilines is 1. The van der Waals surface area contributed by atoms with E-state index < -0.39 is 28.8 Å². The average Bonchev–Trinajstić information content (AvgIpc) is 2.32. The molecule has 2 N–H and O–H groups in total. The summed E-state index contributed by atoms with van der Waals surface area (Å²) in [7, 11) is 0. The Morgan fingerprint density at radius 1 is 1.40 bits per heavy atom. The molecule has 1 heterocycles. The lowest BCUT2D eigenvalue weighted by Gasteiger charge is -2.41. The molecule has 0 aromatic heterocycles. The fourth-order valence-corrected chi connectivity index (χ4v) is 2.50. The van der Waals surface area contributed by atoms with Gasteiger partial charge in [-0.3, -0.25) is 4.79 Å². The van der Waals surface area contributed by atoms with Crippen LogP contribution in [0.4, 0.5) is 14.5 Å². The second-order valence-electron chi connectivity index (χ2n) is 5.73. The van der Waals surface area contributed by atoms with Crippen molar-refractivity contribution in [1.29, 1.82) is 0 Å². The second-order valence-corrected chi connectivity index (χ2v) is 5.73. The predicted molar refractivity (Wildman–Crippen MR) is 71.3 cm³/mol. The summed E-state index contributed by atoms with van der Waals surface area (Å²) in [6.45, 7) is 6.34. The van der Waals surface area contributed by atoms with Gasteiger partial charge in [0.2, 0.25) is 0 Å². The number of carbonyl (C=O) groups excluding carboxylic acids is 1. The molecule has 1 aromatic rings. The Balaban J connectivity index is 2.27. The van der Waals surface area contributed by atoms with E-state index in [9.17, 15) is 13.6 Å². The van der Waals surface area contributed by atoms with Crippen molar-refractivity contribution in [2.75, 3.05) is 18.8 Å². The number of halogens is 2. The Labute approximate surface area is 116 Å². The first-order chi connectivity index (χ1) is 9.19. The van der Waals surface area contributed by atoms with E-state index in [1.165, 1.54) is 0 Å². The van der Waals surface area contributed by atoms with Crippen LogP contribution < -0.4 is 5.73 Å². The molecule has 1 aromatic carbocycles. The number of amides is 1. The number of hydrogen-bond acceptors (Lipinski definition) is 3. The van der Waals surface area contributed by atoms with Gasteiger partial charge in [0.05, 0.1) is 11.7 Å². The zero-order chi connectivity index (χ0) is 15.1. The molecule has 1 aliphatic heterocycles. The summed E-state index contributed by atoms with van der Waals surface area (Å²) in [5.74, 6) is -2.27. The standard InChI is InChI=1S/C14H18F2N2O2/c1-8-6-18(7-14(2,3)20-8)13(19)9-4-10(15)12(17)11(16)5-9/h4-5,8H,6-7,17H2,1-3H3. The molecule has 110 valence electrons. The highest BCUT2D eigenvalue weighted by Crippen LogP contribution is 2.24. The van der Waals surface area contributed by atoms with Crippen LogP contribution in [0, 0.1) is 11.6 Å². The van der Waals surface area contributed by atoms with E-state index in [1.807, 2.05) is 20.8 Å². The van der Waals surface area contributed by atoms with Crippen LogP contribution >= 0.6 is 0 Å². The van der Waals surface area contributed by atoms with Gasteiger partial charge in [0.1, 0.15) is 17.3 Å². The van der Waals surface area contributed by atoms with Crippen molar-refractivity contribution in [2.45, 2.75) is 32.5 Å². The van der Waals surface area contributed by atoms with Crippen LogP contribution in [0.15, 0.2) is 12.1 Å². The first-order valence-electron chi connectivity index (χ1n) is 6.41. The summed E-state index contributed by atoms with van der Waals surface area (Å²) in [6.07, 6.45) is -0.133. The highest BCUT2D eigenvalue weighted by atomic mass is 19.1. The molecule has 6 heteroatoms. The molecule has 0 spiro atoms. The van der Waals surface area contributed by atoms with Crippen molar-refractivity contribution in [2.24, 2.45) is 0 Å². The van der Waals surface area contributed by atoms with Crippen LogP contribution in [-0.4, -0.2) is 35.6 Å². The van der Waals surface area contributed by atoms with E-state index in [0.717, 1.165) is 12.1 Å². The lowest BCUT2D eigenvalue weighted by molar-refractivity contribution is -0.118. The molecule has 0 radical (unpaired) electrons. The third-order valence-electron chi connectivity index (χ3n) is 3.18. The van der Waals surface area contributed by atoms with Gasteiger partial charge in [-0.15, -0.1) is 0 Å². The third-order valence-corrected chi connectivity index (χ3v) is 3.18. The van der Waals surface area contributed by atoms with E-state index in [0.29, 0.717) is 13.1 Å². The highest BCUT2D eigenvalue weighted by molar-refractivity contribution is 5.94. The number of benzene rings is 1. The molecule has 0 saturated carbocycles. The van der Waals surface area contributed by atoms with E-state index in [4.69, 9.17) is 10.5 Å². The maximum atomic E-state index is 13.4. The number of carbonyl (C=O) groups is 1. The van der Waals surface area contributed by atoms with Crippen LogP contribution in [0.5, 0.6) is 0 Å². The third kappa shape index (κ3) is 2.90. The van der Waals surface area contributed by atoms with Gasteiger partial charge in [-0.2, -0.15) is 0 Å². The molecule has 20 heavy (non-hydrogen) atoms. The Morgan fingerprint density at radius 3 is 2.45 bits per heavy atom.